The number of halogens is 1. The van der Waals surface area contributed by atoms with Gasteiger partial charge in [0.25, 0.3) is 0 Å². The van der Waals surface area contributed by atoms with Gasteiger partial charge in [-0.25, -0.2) is 0 Å². The number of nitrogens with two attached hydrogens (primary N) is 1. The summed E-state index contributed by atoms with van der Waals surface area (Å²) in [4.78, 5) is 2.42. The highest BCUT2D eigenvalue weighted by molar-refractivity contribution is 5.85. The molecule has 2 unspecified atom stereocenters. The van der Waals surface area contributed by atoms with Crippen molar-refractivity contribution in [1.29, 1.82) is 0 Å². The van der Waals surface area contributed by atoms with Gasteiger partial charge in [0.2, 0.25) is 0 Å². The molecule has 0 saturated carbocycles. The van der Waals surface area contributed by atoms with Crippen LogP contribution in [0.25, 0.3) is 11.3 Å². The Kier molecular flexibility index (Phi) is 6.00. The second-order valence-corrected chi connectivity index (χ2v) is 6.04. The summed E-state index contributed by atoms with van der Waals surface area (Å²) in [6.07, 6.45) is 2.45. The summed E-state index contributed by atoms with van der Waals surface area (Å²) in [5.74, 6) is 1.52. The van der Waals surface area contributed by atoms with Crippen LogP contribution in [0.15, 0.2) is 40.9 Å². The maximum atomic E-state index is 6.04. The molecule has 2 heterocycles. The van der Waals surface area contributed by atoms with E-state index in [0.717, 1.165) is 36.7 Å². The highest BCUT2D eigenvalue weighted by Gasteiger charge is 2.23. The van der Waals surface area contributed by atoms with Gasteiger partial charge in [0.1, 0.15) is 5.69 Å². The highest BCUT2D eigenvalue weighted by Crippen LogP contribution is 2.23. The van der Waals surface area contributed by atoms with Gasteiger partial charge in [-0.3, -0.25) is 4.90 Å². The smallest absolute Gasteiger partial charge is 0.151 e. The number of piperidine rings is 1. The number of benzene rings is 1. The van der Waals surface area contributed by atoms with Gasteiger partial charge in [-0.1, -0.05) is 35.5 Å². The molecule has 4 nitrogen and oxygen atoms in total. The summed E-state index contributed by atoms with van der Waals surface area (Å²) in [5, 5.41) is 4.18. The second-order valence-electron chi connectivity index (χ2n) is 6.04. The van der Waals surface area contributed by atoms with Crippen molar-refractivity contribution in [1.82, 2.24) is 10.1 Å². The Balaban J connectivity index is 0.00000176. The molecule has 0 spiro atoms. The van der Waals surface area contributed by atoms with Crippen LogP contribution in [0.2, 0.25) is 0 Å². The predicted octanol–water partition coefficient (Wildman–Crippen LogP) is 3.32. The Morgan fingerprint density at radius 2 is 2.14 bits per heavy atom. The first-order valence-electron chi connectivity index (χ1n) is 7.71. The van der Waals surface area contributed by atoms with E-state index < -0.39 is 0 Å². The fourth-order valence-corrected chi connectivity index (χ4v) is 3.02. The quantitative estimate of drug-likeness (QED) is 0.938. The zero-order valence-electron chi connectivity index (χ0n) is 12.9. The van der Waals surface area contributed by atoms with Crippen molar-refractivity contribution in [2.75, 3.05) is 13.1 Å². The zero-order valence-corrected chi connectivity index (χ0v) is 13.8. The SMILES string of the molecule is CC(N)C1CCCN(Cc2cc(-c3ccccc3)no2)C1.Cl. The largest absolute Gasteiger partial charge is 0.359 e. The molecule has 1 aromatic carbocycles. The maximum absolute atomic E-state index is 6.04. The predicted molar refractivity (Wildman–Crippen MR) is 90.8 cm³/mol. The third kappa shape index (κ3) is 4.09. The molecule has 1 fully saturated rings. The Morgan fingerprint density at radius 1 is 1.36 bits per heavy atom. The number of aromatic nitrogens is 1. The van der Waals surface area contributed by atoms with Crippen LogP contribution in [-0.2, 0) is 6.54 Å². The average molecular weight is 322 g/mol. The molecular weight excluding hydrogens is 298 g/mol. The van der Waals surface area contributed by atoms with E-state index in [0.29, 0.717) is 5.92 Å². The highest BCUT2D eigenvalue weighted by atomic mass is 35.5. The minimum Gasteiger partial charge on any atom is -0.359 e. The van der Waals surface area contributed by atoms with E-state index in [-0.39, 0.29) is 18.4 Å². The third-order valence-electron chi connectivity index (χ3n) is 4.29. The van der Waals surface area contributed by atoms with E-state index in [4.69, 9.17) is 10.3 Å². The second kappa shape index (κ2) is 7.77. The Hall–Kier alpha value is -1.36. The first-order valence-corrected chi connectivity index (χ1v) is 7.71. The van der Waals surface area contributed by atoms with Crippen LogP contribution in [0.3, 0.4) is 0 Å². The van der Waals surface area contributed by atoms with Crippen LogP contribution >= 0.6 is 12.4 Å². The maximum Gasteiger partial charge on any atom is 0.151 e. The minimum absolute atomic E-state index is 0. The van der Waals surface area contributed by atoms with Crippen LogP contribution in [0.4, 0.5) is 0 Å². The molecule has 3 rings (SSSR count). The molecule has 1 aromatic heterocycles. The number of hydrogen-bond donors (Lipinski definition) is 1. The van der Waals surface area contributed by atoms with Crippen molar-refractivity contribution < 1.29 is 4.52 Å². The molecule has 5 heteroatoms. The molecule has 2 N–H and O–H groups in total. The molecule has 0 aliphatic carbocycles. The van der Waals surface area contributed by atoms with Gasteiger partial charge in [-0.05, 0) is 32.2 Å². The van der Waals surface area contributed by atoms with E-state index in [2.05, 4.69) is 29.1 Å². The van der Waals surface area contributed by atoms with Gasteiger partial charge in [0.15, 0.2) is 5.76 Å². The van der Waals surface area contributed by atoms with Gasteiger partial charge in [-0.2, -0.15) is 0 Å². The number of hydrogen-bond acceptors (Lipinski definition) is 4. The van der Waals surface area contributed by atoms with Crippen molar-refractivity contribution in [2.24, 2.45) is 11.7 Å². The lowest BCUT2D eigenvalue weighted by atomic mass is 9.92. The van der Waals surface area contributed by atoms with E-state index in [9.17, 15) is 0 Å². The lowest BCUT2D eigenvalue weighted by Gasteiger charge is -2.33. The molecule has 1 aliphatic rings. The summed E-state index contributed by atoms with van der Waals surface area (Å²) in [6, 6.07) is 12.5. The lowest BCUT2D eigenvalue weighted by Crippen LogP contribution is -2.41. The van der Waals surface area contributed by atoms with E-state index >= 15 is 0 Å². The van der Waals surface area contributed by atoms with Gasteiger partial charge in [-0.15, -0.1) is 12.4 Å². The van der Waals surface area contributed by atoms with Crippen molar-refractivity contribution >= 4 is 12.4 Å². The molecule has 1 aliphatic heterocycles. The number of nitrogens with zero attached hydrogens (tertiary/aromatic N) is 2. The molecule has 22 heavy (non-hydrogen) atoms. The van der Waals surface area contributed by atoms with Crippen molar-refractivity contribution in [3.8, 4) is 11.3 Å². The Morgan fingerprint density at radius 3 is 2.86 bits per heavy atom. The molecule has 0 bridgehead atoms. The topological polar surface area (TPSA) is 55.3 Å². The van der Waals surface area contributed by atoms with E-state index in [1.807, 2.05) is 24.3 Å². The standard InChI is InChI=1S/C17H23N3O.ClH/c1-13(18)15-8-5-9-20(11-15)12-16-10-17(19-21-16)14-6-3-2-4-7-14;/h2-4,6-7,10,13,15H,5,8-9,11-12,18H2,1H3;1H. The summed E-state index contributed by atoms with van der Waals surface area (Å²) in [7, 11) is 0. The number of likely N-dealkylation sites (tertiary alicyclic amines) is 1. The monoisotopic (exact) mass is 321 g/mol. The van der Waals surface area contributed by atoms with Gasteiger partial charge < -0.3 is 10.3 Å². The third-order valence-corrected chi connectivity index (χ3v) is 4.29. The molecule has 0 amide bonds. The normalized spacial score (nSPS) is 20.4. The van der Waals surface area contributed by atoms with E-state index in [1.54, 1.807) is 0 Å². The fourth-order valence-electron chi connectivity index (χ4n) is 3.02. The average Bonchev–Trinajstić information content (AvgIpc) is 2.97. The summed E-state index contributed by atoms with van der Waals surface area (Å²) < 4.78 is 5.49. The van der Waals surface area contributed by atoms with E-state index in [1.165, 1.54) is 12.8 Å². The van der Waals surface area contributed by atoms with Crippen LogP contribution in [0.5, 0.6) is 0 Å². The summed E-state index contributed by atoms with van der Waals surface area (Å²) in [6.45, 7) is 5.10. The Bertz CT molecular complexity index is 570. The lowest BCUT2D eigenvalue weighted by molar-refractivity contribution is 0.141. The summed E-state index contributed by atoms with van der Waals surface area (Å²) >= 11 is 0. The van der Waals surface area contributed by atoms with Gasteiger partial charge >= 0.3 is 0 Å². The van der Waals surface area contributed by atoms with Crippen LogP contribution in [0, 0.1) is 5.92 Å². The first-order chi connectivity index (χ1) is 10.2. The van der Waals surface area contributed by atoms with Crippen LogP contribution < -0.4 is 5.73 Å². The molecule has 2 atom stereocenters. The number of rotatable bonds is 4. The molecule has 120 valence electrons. The van der Waals surface area contributed by atoms with Crippen LogP contribution in [0.1, 0.15) is 25.5 Å². The molecule has 0 radical (unpaired) electrons. The van der Waals surface area contributed by atoms with Crippen molar-refractivity contribution in [3.63, 3.8) is 0 Å². The molecular formula is C17H24ClN3O. The Labute approximate surface area is 138 Å². The van der Waals surface area contributed by atoms with Gasteiger partial charge in [0, 0.05) is 24.2 Å². The zero-order chi connectivity index (χ0) is 14.7. The summed E-state index contributed by atoms with van der Waals surface area (Å²) in [5.41, 5.74) is 8.05. The fraction of sp³-hybridized carbons (Fsp3) is 0.471. The van der Waals surface area contributed by atoms with Crippen LogP contribution in [-0.4, -0.2) is 29.2 Å². The minimum atomic E-state index is 0. The van der Waals surface area contributed by atoms with Gasteiger partial charge in [0.05, 0.1) is 6.54 Å². The molecule has 1 saturated heterocycles. The van der Waals surface area contributed by atoms with Crippen molar-refractivity contribution in [2.45, 2.75) is 32.4 Å². The first kappa shape index (κ1) is 17.0. The van der Waals surface area contributed by atoms with Crippen molar-refractivity contribution in [3.05, 3.63) is 42.2 Å². The molecule has 2 aromatic rings.